The second-order valence-electron chi connectivity index (χ2n) is 7.27. The van der Waals surface area contributed by atoms with Gasteiger partial charge in [0.2, 0.25) is 10.8 Å². The van der Waals surface area contributed by atoms with E-state index in [1.165, 1.54) is 15.9 Å². The number of thiazole rings is 1. The van der Waals surface area contributed by atoms with Gasteiger partial charge in [-0.2, -0.15) is 4.52 Å². The van der Waals surface area contributed by atoms with E-state index in [2.05, 4.69) is 15.0 Å². The zero-order valence-electron chi connectivity index (χ0n) is 17.9. The summed E-state index contributed by atoms with van der Waals surface area (Å²) in [6, 6.07) is 7.64. The first-order valence-electron chi connectivity index (χ1n) is 10.4. The van der Waals surface area contributed by atoms with Crippen LogP contribution in [0.2, 0.25) is 0 Å². The number of amides is 1. The van der Waals surface area contributed by atoms with Gasteiger partial charge in [-0.3, -0.25) is 4.90 Å². The number of carbonyl (C=O) groups is 1. The summed E-state index contributed by atoms with van der Waals surface area (Å²) in [5.74, 6) is 1.56. The molecule has 1 fully saturated rings. The lowest BCUT2D eigenvalue weighted by molar-refractivity contribution is 0.0715. The summed E-state index contributed by atoms with van der Waals surface area (Å²) in [5.41, 5.74) is 0.999. The third kappa shape index (κ3) is 4.17. The Morgan fingerprint density at radius 3 is 2.68 bits per heavy atom. The smallest absolute Gasteiger partial charge is 0.409 e. The molecule has 4 rings (SSSR count). The minimum atomic E-state index is -0.284. The molecule has 0 unspecified atom stereocenters. The molecule has 0 bridgehead atoms. The Balaban J connectivity index is 1.68. The fourth-order valence-electron chi connectivity index (χ4n) is 3.84. The summed E-state index contributed by atoms with van der Waals surface area (Å²) in [6.07, 6.45) is 0.423. The second kappa shape index (κ2) is 9.11. The number of methoxy groups -OCH3 is 1. The highest BCUT2D eigenvalue weighted by atomic mass is 32.1. The summed E-state index contributed by atoms with van der Waals surface area (Å²) >= 11 is 1.44. The van der Waals surface area contributed by atoms with E-state index in [1.54, 1.807) is 18.9 Å². The summed E-state index contributed by atoms with van der Waals surface area (Å²) in [6.45, 7) is 6.56. The average Bonchev–Trinajstić information content (AvgIpc) is 3.34. The van der Waals surface area contributed by atoms with Crippen molar-refractivity contribution in [1.82, 2.24) is 24.4 Å². The highest BCUT2D eigenvalue weighted by molar-refractivity contribution is 7.17. The number of rotatable bonds is 6. The number of fused-ring (bicyclic) bond motifs is 1. The molecule has 1 N–H and O–H groups in total. The van der Waals surface area contributed by atoms with Crippen molar-refractivity contribution in [3.63, 3.8) is 0 Å². The van der Waals surface area contributed by atoms with Crippen LogP contribution >= 0.6 is 11.3 Å². The van der Waals surface area contributed by atoms with Gasteiger partial charge >= 0.3 is 6.09 Å². The first-order valence-corrected chi connectivity index (χ1v) is 11.2. The molecule has 166 valence electrons. The van der Waals surface area contributed by atoms with Crippen LogP contribution in [0.5, 0.6) is 11.6 Å². The van der Waals surface area contributed by atoms with Crippen LogP contribution in [0.25, 0.3) is 4.96 Å². The van der Waals surface area contributed by atoms with E-state index in [0.717, 1.165) is 16.2 Å². The largest absolute Gasteiger partial charge is 0.497 e. The second-order valence-corrected chi connectivity index (χ2v) is 8.28. The minimum absolute atomic E-state index is 0.104. The number of ether oxygens (including phenoxy) is 2. The van der Waals surface area contributed by atoms with Gasteiger partial charge in [0.15, 0.2) is 5.82 Å². The van der Waals surface area contributed by atoms with E-state index in [1.807, 2.05) is 31.2 Å². The van der Waals surface area contributed by atoms with Crippen LogP contribution in [0.15, 0.2) is 24.3 Å². The number of hydrogen-bond acceptors (Lipinski definition) is 8. The highest BCUT2D eigenvalue weighted by Gasteiger charge is 2.33. The van der Waals surface area contributed by atoms with Crippen LogP contribution in [0.3, 0.4) is 0 Å². The van der Waals surface area contributed by atoms with Crippen molar-refractivity contribution in [2.45, 2.75) is 26.3 Å². The predicted octanol–water partition coefficient (Wildman–Crippen LogP) is 2.93. The van der Waals surface area contributed by atoms with Gasteiger partial charge in [-0.15, -0.1) is 5.10 Å². The Labute approximate surface area is 184 Å². The molecule has 1 saturated heterocycles. The van der Waals surface area contributed by atoms with Crippen LogP contribution in [0, 0.1) is 0 Å². The molecule has 3 aromatic rings. The normalized spacial score (nSPS) is 15.9. The number of piperazine rings is 1. The molecular formula is C21H27N5O4S. The Hall–Kier alpha value is -2.85. The van der Waals surface area contributed by atoms with Crippen LogP contribution in [0.1, 0.15) is 36.2 Å². The molecule has 9 nitrogen and oxygen atoms in total. The number of aromatic hydroxyl groups is 1. The zero-order valence-corrected chi connectivity index (χ0v) is 18.8. The topological polar surface area (TPSA) is 92.4 Å². The first-order chi connectivity index (χ1) is 15.0. The number of aryl methyl sites for hydroxylation is 1. The Bertz CT molecular complexity index is 1060. The van der Waals surface area contributed by atoms with E-state index in [-0.39, 0.29) is 18.0 Å². The third-order valence-electron chi connectivity index (χ3n) is 5.42. The van der Waals surface area contributed by atoms with Crippen molar-refractivity contribution >= 4 is 22.4 Å². The number of carbonyl (C=O) groups excluding carboxylic acids is 1. The van der Waals surface area contributed by atoms with Crippen LogP contribution in [-0.2, 0) is 11.2 Å². The molecule has 3 heterocycles. The highest BCUT2D eigenvalue weighted by Crippen LogP contribution is 2.41. The maximum atomic E-state index is 12.1. The monoisotopic (exact) mass is 445 g/mol. The molecule has 1 amide bonds. The van der Waals surface area contributed by atoms with Crippen molar-refractivity contribution in [3.8, 4) is 11.6 Å². The molecule has 1 aliphatic rings. The van der Waals surface area contributed by atoms with Crippen molar-refractivity contribution in [3.05, 3.63) is 40.5 Å². The van der Waals surface area contributed by atoms with Gasteiger partial charge < -0.3 is 19.5 Å². The van der Waals surface area contributed by atoms with E-state index in [4.69, 9.17) is 9.47 Å². The van der Waals surface area contributed by atoms with Gasteiger partial charge in [-0.05, 0) is 24.6 Å². The summed E-state index contributed by atoms with van der Waals surface area (Å²) < 4.78 is 12.1. The lowest BCUT2D eigenvalue weighted by atomic mass is 10.0. The number of aromatic nitrogens is 3. The summed E-state index contributed by atoms with van der Waals surface area (Å²) in [7, 11) is 1.64. The lowest BCUT2D eigenvalue weighted by Gasteiger charge is -2.38. The average molecular weight is 446 g/mol. The van der Waals surface area contributed by atoms with E-state index in [0.29, 0.717) is 50.0 Å². The van der Waals surface area contributed by atoms with Crippen molar-refractivity contribution in [2.24, 2.45) is 0 Å². The number of nitrogens with zero attached hydrogens (tertiary/aromatic N) is 5. The van der Waals surface area contributed by atoms with Crippen molar-refractivity contribution in [1.29, 1.82) is 0 Å². The molecular weight excluding hydrogens is 418 g/mol. The van der Waals surface area contributed by atoms with Gasteiger partial charge in [-0.1, -0.05) is 30.4 Å². The van der Waals surface area contributed by atoms with Gasteiger partial charge in [0, 0.05) is 32.6 Å². The molecule has 1 atom stereocenters. The SMILES string of the molecule is CCOC(=O)N1CCN([C@H](c2cccc(OC)c2)c2sc3nc(CC)nn3c2O)CC1. The minimum Gasteiger partial charge on any atom is -0.497 e. The maximum absolute atomic E-state index is 12.1. The molecule has 1 aliphatic heterocycles. The zero-order chi connectivity index (χ0) is 22.0. The van der Waals surface area contributed by atoms with E-state index < -0.39 is 0 Å². The lowest BCUT2D eigenvalue weighted by Crippen LogP contribution is -2.49. The van der Waals surface area contributed by atoms with Crippen molar-refractivity contribution in [2.75, 3.05) is 39.9 Å². The molecule has 10 heteroatoms. The fraction of sp³-hybridized carbons (Fsp3) is 0.476. The van der Waals surface area contributed by atoms with Gasteiger partial charge in [0.25, 0.3) is 0 Å². The van der Waals surface area contributed by atoms with Crippen LogP contribution < -0.4 is 4.74 Å². The standard InChI is InChI=1S/C21H27N5O4S/c1-4-16-22-20-26(23-16)19(27)18(31-20)17(14-7-6-8-15(13-14)29-3)24-9-11-25(12-10-24)21(28)30-5-2/h6-8,13,17,27H,4-5,9-12H2,1-3H3/t17-/m1/s1. The first kappa shape index (κ1) is 21.4. The Morgan fingerprint density at radius 2 is 2.03 bits per heavy atom. The summed E-state index contributed by atoms with van der Waals surface area (Å²) in [4.78, 5) is 22.1. The Kier molecular flexibility index (Phi) is 6.28. The predicted molar refractivity (Wildman–Crippen MR) is 117 cm³/mol. The molecule has 0 saturated carbocycles. The quantitative estimate of drug-likeness (QED) is 0.624. The molecule has 0 aliphatic carbocycles. The Morgan fingerprint density at radius 1 is 1.26 bits per heavy atom. The molecule has 2 aromatic heterocycles. The molecule has 0 radical (unpaired) electrons. The van der Waals surface area contributed by atoms with Gasteiger partial charge in [0.05, 0.1) is 24.6 Å². The third-order valence-corrected chi connectivity index (χ3v) is 6.50. The molecule has 31 heavy (non-hydrogen) atoms. The van der Waals surface area contributed by atoms with Crippen molar-refractivity contribution < 1.29 is 19.4 Å². The van der Waals surface area contributed by atoms with E-state index in [9.17, 15) is 9.90 Å². The maximum Gasteiger partial charge on any atom is 0.409 e. The van der Waals surface area contributed by atoms with Gasteiger partial charge in [-0.25, -0.2) is 9.78 Å². The van der Waals surface area contributed by atoms with Crippen LogP contribution in [0.4, 0.5) is 4.79 Å². The number of benzene rings is 1. The number of hydrogen-bond donors (Lipinski definition) is 1. The molecule has 1 aromatic carbocycles. The molecule has 0 spiro atoms. The van der Waals surface area contributed by atoms with Gasteiger partial charge in [0.1, 0.15) is 5.75 Å². The fourth-order valence-corrected chi connectivity index (χ4v) is 4.97. The summed E-state index contributed by atoms with van der Waals surface area (Å²) in [5, 5.41) is 15.4. The van der Waals surface area contributed by atoms with E-state index >= 15 is 0 Å². The van der Waals surface area contributed by atoms with Crippen LogP contribution in [-0.4, -0.2) is 75.5 Å².